The van der Waals surface area contributed by atoms with Crippen molar-refractivity contribution < 1.29 is 27.9 Å². The maximum atomic E-state index is 11.7. The minimum atomic E-state index is -3.71. The topological polar surface area (TPSA) is 122 Å². The minimum Gasteiger partial charge on any atom is -0.479 e. The number of ether oxygens (including phenoxy) is 1. The normalized spacial score (nSPS) is 12.8. The van der Waals surface area contributed by atoms with Gasteiger partial charge in [-0.25, -0.2) is 17.9 Å². The van der Waals surface area contributed by atoms with E-state index in [1.165, 1.54) is 13.2 Å². The number of thiophene rings is 1. The Bertz CT molecular complexity index is 554. The molecule has 0 spiro atoms. The summed E-state index contributed by atoms with van der Waals surface area (Å²) in [6, 6.07) is 2.99. The molecule has 0 bridgehead atoms. The highest BCUT2D eigenvalue weighted by Gasteiger charge is 2.19. The molecule has 0 fully saturated rings. The summed E-state index contributed by atoms with van der Waals surface area (Å²) in [5.74, 6) is -1.86. The number of carbonyl (C=O) groups excluding carboxylic acids is 1. The largest absolute Gasteiger partial charge is 0.479 e. The van der Waals surface area contributed by atoms with Crippen LogP contribution in [0.1, 0.15) is 0 Å². The Morgan fingerprint density at radius 3 is 2.70 bits per heavy atom. The Hall–Kier alpha value is -1.49. The molecule has 0 aliphatic rings. The van der Waals surface area contributed by atoms with Gasteiger partial charge in [0.05, 0.1) is 13.1 Å². The molecule has 1 aromatic heterocycles. The van der Waals surface area contributed by atoms with Gasteiger partial charge in [0.25, 0.3) is 10.0 Å². The van der Waals surface area contributed by atoms with Crippen molar-refractivity contribution >= 4 is 33.2 Å². The summed E-state index contributed by atoms with van der Waals surface area (Å²) in [5, 5.41) is 12.6. The maximum Gasteiger partial charge on any atom is 0.334 e. The van der Waals surface area contributed by atoms with Crippen LogP contribution in [0.15, 0.2) is 21.7 Å². The molecule has 0 saturated carbocycles. The lowest BCUT2D eigenvalue weighted by molar-refractivity contribution is -0.148. The molecule has 1 amide bonds. The van der Waals surface area contributed by atoms with Gasteiger partial charge < -0.3 is 15.2 Å². The highest BCUT2D eigenvalue weighted by Crippen LogP contribution is 2.14. The first-order chi connectivity index (χ1) is 9.36. The number of carboxylic acids is 1. The first kappa shape index (κ1) is 16.6. The first-order valence-corrected chi connectivity index (χ1v) is 7.78. The fourth-order valence-corrected chi connectivity index (χ4v) is 3.21. The molecule has 112 valence electrons. The highest BCUT2D eigenvalue weighted by molar-refractivity contribution is 7.91. The fraction of sp³-hybridized carbons (Fsp3) is 0.400. The highest BCUT2D eigenvalue weighted by atomic mass is 32.2. The Kier molecular flexibility index (Phi) is 6.07. The predicted molar refractivity (Wildman–Crippen MR) is 71.0 cm³/mol. The second-order valence-electron chi connectivity index (χ2n) is 3.62. The van der Waals surface area contributed by atoms with Crippen molar-refractivity contribution in [3.8, 4) is 0 Å². The molecule has 1 aromatic rings. The summed E-state index contributed by atoms with van der Waals surface area (Å²) in [6.45, 7) is -0.721. The van der Waals surface area contributed by atoms with Gasteiger partial charge in [0.1, 0.15) is 4.21 Å². The van der Waals surface area contributed by atoms with Crippen molar-refractivity contribution in [3.05, 3.63) is 17.5 Å². The number of carboxylic acid groups (broad SMARTS) is 1. The van der Waals surface area contributed by atoms with Crippen molar-refractivity contribution in [1.82, 2.24) is 10.0 Å². The Morgan fingerprint density at radius 1 is 1.50 bits per heavy atom. The number of sulfonamides is 1. The van der Waals surface area contributed by atoms with Crippen LogP contribution in [0.4, 0.5) is 0 Å². The molecule has 20 heavy (non-hydrogen) atoms. The van der Waals surface area contributed by atoms with E-state index in [0.717, 1.165) is 11.3 Å². The van der Waals surface area contributed by atoms with Gasteiger partial charge in [-0.2, -0.15) is 0 Å². The second kappa shape index (κ2) is 7.33. The smallest absolute Gasteiger partial charge is 0.334 e. The summed E-state index contributed by atoms with van der Waals surface area (Å²) < 4.78 is 30.2. The van der Waals surface area contributed by atoms with Gasteiger partial charge in [0.2, 0.25) is 5.91 Å². The maximum absolute atomic E-state index is 11.7. The van der Waals surface area contributed by atoms with Gasteiger partial charge in [-0.1, -0.05) is 6.07 Å². The Labute approximate surface area is 119 Å². The Morgan fingerprint density at radius 2 is 2.20 bits per heavy atom. The van der Waals surface area contributed by atoms with E-state index in [2.05, 4.69) is 14.8 Å². The van der Waals surface area contributed by atoms with Gasteiger partial charge in [0, 0.05) is 7.11 Å². The molecular weight excluding hydrogens is 308 g/mol. The number of amides is 1. The van der Waals surface area contributed by atoms with Crippen LogP contribution in [0.5, 0.6) is 0 Å². The minimum absolute atomic E-state index is 0.102. The van der Waals surface area contributed by atoms with E-state index in [4.69, 9.17) is 5.11 Å². The quantitative estimate of drug-likeness (QED) is 0.578. The lowest BCUT2D eigenvalue weighted by atomic mass is 10.3. The lowest BCUT2D eigenvalue weighted by Crippen LogP contribution is -2.42. The molecule has 0 radical (unpaired) electrons. The van der Waals surface area contributed by atoms with E-state index in [1.54, 1.807) is 11.4 Å². The molecule has 1 heterocycles. The summed E-state index contributed by atoms with van der Waals surface area (Å²) in [5.41, 5.74) is 0. The summed E-state index contributed by atoms with van der Waals surface area (Å²) in [4.78, 5) is 22.0. The zero-order chi connectivity index (χ0) is 15.2. The number of hydrogen-bond acceptors (Lipinski definition) is 6. The van der Waals surface area contributed by atoms with Crippen molar-refractivity contribution in [1.29, 1.82) is 0 Å². The number of methoxy groups -OCH3 is 1. The number of rotatable bonds is 8. The molecule has 1 atom stereocenters. The van der Waals surface area contributed by atoms with Crippen LogP contribution in [0.3, 0.4) is 0 Å². The van der Waals surface area contributed by atoms with Crippen LogP contribution in [0.2, 0.25) is 0 Å². The van der Waals surface area contributed by atoms with Crippen molar-refractivity contribution in [2.45, 2.75) is 10.3 Å². The third-order valence-corrected chi connectivity index (χ3v) is 5.03. The summed E-state index contributed by atoms with van der Waals surface area (Å²) >= 11 is 1.03. The van der Waals surface area contributed by atoms with Crippen LogP contribution < -0.4 is 10.0 Å². The first-order valence-electron chi connectivity index (χ1n) is 5.42. The molecule has 0 aliphatic heterocycles. The number of aliphatic carboxylic acids is 1. The van der Waals surface area contributed by atoms with E-state index < -0.39 is 34.5 Å². The molecule has 8 nitrogen and oxygen atoms in total. The fourth-order valence-electron chi connectivity index (χ4n) is 1.19. The molecule has 10 heteroatoms. The third-order valence-electron chi connectivity index (χ3n) is 2.23. The summed E-state index contributed by atoms with van der Waals surface area (Å²) in [6.07, 6.45) is -1.17. The molecule has 0 aromatic carbocycles. The van der Waals surface area contributed by atoms with Gasteiger partial charge >= 0.3 is 5.97 Å². The van der Waals surface area contributed by atoms with E-state index in [1.807, 2.05) is 0 Å². The van der Waals surface area contributed by atoms with Crippen LogP contribution >= 0.6 is 11.3 Å². The van der Waals surface area contributed by atoms with Crippen LogP contribution in [0, 0.1) is 0 Å². The summed E-state index contributed by atoms with van der Waals surface area (Å²) in [7, 11) is -2.51. The zero-order valence-electron chi connectivity index (χ0n) is 10.5. The third kappa shape index (κ3) is 4.89. The monoisotopic (exact) mass is 322 g/mol. The lowest BCUT2D eigenvalue weighted by Gasteiger charge is -2.11. The molecule has 1 rings (SSSR count). The molecular formula is C10H14N2O6S2. The van der Waals surface area contributed by atoms with Crippen molar-refractivity contribution in [3.63, 3.8) is 0 Å². The van der Waals surface area contributed by atoms with E-state index in [9.17, 15) is 18.0 Å². The zero-order valence-corrected chi connectivity index (χ0v) is 12.2. The average Bonchev–Trinajstić information content (AvgIpc) is 2.91. The van der Waals surface area contributed by atoms with E-state index in [-0.39, 0.29) is 10.8 Å². The van der Waals surface area contributed by atoms with Crippen LogP contribution in [-0.4, -0.2) is 51.7 Å². The number of carbonyl (C=O) groups is 2. The predicted octanol–water partition coefficient (Wildman–Crippen LogP) is -0.758. The number of hydrogen-bond donors (Lipinski definition) is 3. The van der Waals surface area contributed by atoms with Crippen molar-refractivity contribution in [2.24, 2.45) is 0 Å². The average molecular weight is 322 g/mol. The van der Waals surface area contributed by atoms with E-state index >= 15 is 0 Å². The standard InChI is InChI=1S/C10H14N2O6S2/c1-18-7(10(14)15)5-11-8(13)6-12-20(16,17)9-3-2-4-19-9/h2-4,7,12H,5-6H2,1H3,(H,11,13)(H,14,15). The SMILES string of the molecule is COC(CNC(=O)CNS(=O)(=O)c1cccs1)C(=O)O. The Balaban J connectivity index is 2.42. The second-order valence-corrected chi connectivity index (χ2v) is 6.56. The van der Waals surface area contributed by atoms with E-state index in [0.29, 0.717) is 0 Å². The van der Waals surface area contributed by atoms with Crippen LogP contribution in [0.25, 0.3) is 0 Å². The molecule has 3 N–H and O–H groups in total. The molecule has 1 unspecified atom stereocenters. The molecule has 0 saturated heterocycles. The van der Waals surface area contributed by atoms with Gasteiger partial charge in [-0.15, -0.1) is 11.3 Å². The van der Waals surface area contributed by atoms with Gasteiger partial charge in [0.15, 0.2) is 6.10 Å². The van der Waals surface area contributed by atoms with Gasteiger partial charge in [-0.3, -0.25) is 4.79 Å². The van der Waals surface area contributed by atoms with Gasteiger partial charge in [-0.05, 0) is 11.4 Å². The molecule has 0 aliphatic carbocycles. The van der Waals surface area contributed by atoms with Crippen LogP contribution in [-0.2, 0) is 24.3 Å². The van der Waals surface area contributed by atoms with Crippen molar-refractivity contribution in [2.75, 3.05) is 20.2 Å². The number of nitrogens with one attached hydrogen (secondary N) is 2.